The van der Waals surface area contributed by atoms with Crippen molar-refractivity contribution < 1.29 is 14.3 Å². The molecule has 0 aliphatic carbocycles. The summed E-state index contributed by atoms with van der Waals surface area (Å²) < 4.78 is 5.58. The van der Waals surface area contributed by atoms with Crippen molar-refractivity contribution in [3.8, 4) is 5.75 Å². The molecule has 2 rings (SSSR count). The average Bonchev–Trinajstić information content (AvgIpc) is 2.69. The molecule has 0 radical (unpaired) electrons. The Balaban J connectivity index is 1.84. The van der Waals surface area contributed by atoms with Gasteiger partial charge in [0, 0.05) is 38.0 Å². The molecule has 0 aromatic heterocycles. The number of benzene rings is 2. The molecule has 2 amide bonds. The third-order valence-corrected chi connectivity index (χ3v) is 4.10. The van der Waals surface area contributed by atoms with E-state index in [4.69, 9.17) is 4.74 Å². The molecule has 28 heavy (non-hydrogen) atoms. The van der Waals surface area contributed by atoms with Gasteiger partial charge < -0.3 is 20.3 Å². The molecule has 2 N–H and O–H groups in total. The minimum Gasteiger partial charge on any atom is -0.494 e. The molecule has 6 nitrogen and oxygen atoms in total. The second-order valence-corrected chi connectivity index (χ2v) is 6.77. The SMILES string of the molecule is CCCOc1cccc(NC(=O)CNc2cccc(CCC(=O)N(C)C)c2)c1. The summed E-state index contributed by atoms with van der Waals surface area (Å²) in [5.74, 6) is 0.705. The first-order chi connectivity index (χ1) is 13.5. The molecule has 0 unspecified atom stereocenters. The third kappa shape index (κ3) is 7.31. The first-order valence-electron chi connectivity index (χ1n) is 9.53. The highest BCUT2D eigenvalue weighted by atomic mass is 16.5. The maximum absolute atomic E-state index is 12.2. The highest BCUT2D eigenvalue weighted by Gasteiger charge is 2.06. The van der Waals surface area contributed by atoms with Crippen LogP contribution in [0.4, 0.5) is 11.4 Å². The largest absolute Gasteiger partial charge is 0.494 e. The molecule has 2 aromatic rings. The van der Waals surface area contributed by atoms with Crippen molar-refractivity contribution in [2.45, 2.75) is 26.2 Å². The molecule has 0 fully saturated rings. The number of nitrogens with zero attached hydrogens (tertiary/aromatic N) is 1. The van der Waals surface area contributed by atoms with Crippen LogP contribution < -0.4 is 15.4 Å². The van der Waals surface area contributed by atoms with Crippen LogP contribution in [0.2, 0.25) is 0 Å². The molecule has 6 heteroatoms. The van der Waals surface area contributed by atoms with Crippen LogP contribution in [0.3, 0.4) is 0 Å². The number of ether oxygens (including phenoxy) is 1. The van der Waals surface area contributed by atoms with Crippen molar-refractivity contribution in [2.75, 3.05) is 37.9 Å². The van der Waals surface area contributed by atoms with E-state index in [1.54, 1.807) is 19.0 Å². The summed E-state index contributed by atoms with van der Waals surface area (Å²) in [7, 11) is 3.51. The molecule has 0 saturated carbocycles. The van der Waals surface area contributed by atoms with E-state index in [2.05, 4.69) is 10.6 Å². The maximum atomic E-state index is 12.2. The Morgan fingerprint density at radius 3 is 2.54 bits per heavy atom. The fourth-order valence-electron chi connectivity index (χ4n) is 2.58. The summed E-state index contributed by atoms with van der Waals surface area (Å²) in [6, 6.07) is 15.1. The van der Waals surface area contributed by atoms with Crippen molar-refractivity contribution >= 4 is 23.2 Å². The second kappa shape index (κ2) is 11.0. The Morgan fingerprint density at radius 1 is 1.04 bits per heavy atom. The topological polar surface area (TPSA) is 70.7 Å². The Labute approximate surface area is 166 Å². The molecule has 2 aromatic carbocycles. The Morgan fingerprint density at radius 2 is 1.79 bits per heavy atom. The van der Waals surface area contributed by atoms with Crippen LogP contribution in [0.1, 0.15) is 25.3 Å². The highest BCUT2D eigenvalue weighted by Crippen LogP contribution is 2.18. The number of carbonyl (C=O) groups is 2. The molecule has 0 atom stereocenters. The molecule has 0 bridgehead atoms. The lowest BCUT2D eigenvalue weighted by molar-refractivity contribution is -0.128. The Kier molecular flexibility index (Phi) is 8.34. The van der Waals surface area contributed by atoms with Gasteiger partial charge in [0.1, 0.15) is 5.75 Å². The van der Waals surface area contributed by atoms with Gasteiger partial charge >= 0.3 is 0 Å². The monoisotopic (exact) mass is 383 g/mol. The lowest BCUT2D eigenvalue weighted by Gasteiger charge is -2.12. The highest BCUT2D eigenvalue weighted by molar-refractivity contribution is 5.93. The molecule has 0 heterocycles. The summed E-state index contributed by atoms with van der Waals surface area (Å²) in [5.41, 5.74) is 2.61. The zero-order chi connectivity index (χ0) is 20.4. The lowest BCUT2D eigenvalue weighted by atomic mass is 10.1. The average molecular weight is 383 g/mol. The summed E-state index contributed by atoms with van der Waals surface area (Å²) in [6.45, 7) is 2.85. The quantitative estimate of drug-likeness (QED) is 0.658. The van der Waals surface area contributed by atoms with Gasteiger partial charge in [-0.25, -0.2) is 0 Å². The Hall–Kier alpha value is -3.02. The van der Waals surface area contributed by atoms with Gasteiger partial charge in [-0.05, 0) is 42.7 Å². The van der Waals surface area contributed by atoms with Gasteiger partial charge in [-0.1, -0.05) is 25.1 Å². The number of carbonyl (C=O) groups excluding carboxylic acids is 2. The van der Waals surface area contributed by atoms with Crippen LogP contribution in [0, 0.1) is 0 Å². The van der Waals surface area contributed by atoms with E-state index in [0.717, 1.165) is 23.4 Å². The summed E-state index contributed by atoms with van der Waals surface area (Å²) >= 11 is 0. The number of anilines is 2. The van der Waals surface area contributed by atoms with Crippen LogP contribution in [0.5, 0.6) is 5.75 Å². The number of hydrogen-bond acceptors (Lipinski definition) is 4. The van der Waals surface area contributed by atoms with Crippen molar-refractivity contribution in [1.29, 1.82) is 0 Å². The van der Waals surface area contributed by atoms with E-state index in [1.807, 2.05) is 55.5 Å². The van der Waals surface area contributed by atoms with Crippen molar-refractivity contribution in [3.05, 3.63) is 54.1 Å². The van der Waals surface area contributed by atoms with E-state index in [1.165, 1.54) is 0 Å². The van der Waals surface area contributed by atoms with Crippen molar-refractivity contribution in [2.24, 2.45) is 0 Å². The van der Waals surface area contributed by atoms with E-state index in [9.17, 15) is 9.59 Å². The normalized spacial score (nSPS) is 10.2. The maximum Gasteiger partial charge on any atom is 0.243 e. The smallest absolute Gasteiger partial charge is 0.243 e. The van der Waals surface area contributed by atoms with Gasteiger partial charge in [-0.15, -0.1) is 0 Å². The summed E-state index contributed by atoms with van der Waals surface area (Å²) in [5, 5.41) is 5.99. The molecular formula is C22H29N3O3. The predicted octanol–water partition coefficient (Wildman–Crippen LogP) is 3.55. The molecule has 150 valence electrons. The van der Waals surface area contributed by atoms with E-state index in [0.29, 0.717) is 25.1 Å². The van der Waals surface area contributed by atoms with E-state index >= 15 is 0 Å². The van der Waals surface area contributed by atoms with Gasteiger partial charge in [0.05, 0.1) is 13.2 Å². The number of nitrogens with one attached hydrogen (secondary N) is 2. The fraction of sp³-hybridized carbons (Fsp3) is 0.364. The zero-order valence-corrected chi connectivity index (χ0v) is 16.8. The molecule has 0 saturated heterocycles. The molecule has 0 aliphatic heterocycles. The molecule has 0 spiro atoms. The van der Waals surface area contributed by atoms with Crippen LogP contribution in [0.25, 0.3) is 0 Å². The second-order valence-electron chi connectivity index (χ2n) is 6.77. The minimum atomic E-state index is -0.138. The minimum absolute atomic E-state index is 0.0999. The van der Waals surface area contributed by atoms with Gasteiger partial charge in [-0.3, -0.25) is 9.59 Å². The molecule has 0 aliphatic rings. The van der Waals surface area contributed by atoms with Gasteiger partial charge in [0.25, 0.3) is 0 Å². The third-order valence-electron chi connectivity index (χ3n) is 4.10. The molecular weight excluding hydrogens is 354 g/mol. The number of hydrogen-bond donors (Lipinski definition) is 2. The fourth-order valence-corrected chi connectivity index (χ4v) is 2.58. The number of amides is 2. The van der Waals surface area contributed by atoms with Gasteiger partial charge in [-0.2, -0.15) is 0 Å². The summed E-state index contributed by atoms with van der Waals surface area (Å²) in [4.78, 5) is 25.5. The van der Waals surface area contributed by atoms with E-state index in [-0.39, 0.29) is 18.4 Å². The van der Waals surface area contributed by atoms with Gasteiger partial charge in [0.15, 0.2) is 0 Å². The number of rotatable bonds is 10. The van der Waals surface area contributed by atoms with E-state index < -0.39 is 0 Å². The lowest BCUT2D eigenvalue weighted by Crippen LogP contribution is -2.22. The van der Waals surface area contributed by atoms with Crippen molar-refractivity contribution in [1.82, 2.24) is 4.90 Å². The standard InChI is InChI=1S/C22H29N3O3/c1-4-13-28-20-10-6-9-19(15-20)24-21(26)16-23-18-8-5-7-17(14-18)11-12-22(27)25(2)3/h5-10,14-15,23H,4,11-13,16H2,1-3H3,(H,24,26). The zero-order valence-electron chi connectivity index (χ0n) is 16.8. The summed E-state index contributed by atoms with van der Waals surface area (Å²) in [6.07, 6.45) is 2.07. The van der Waals surface area contributed by atoms with Gasteiger partial charge in [0.2, 0.25) is 11.8 Å². The predicted molar refractivity (Wildman–Crippen MR) is 113 cm³/mol. The van der Waals surface area contributed by atoms with Crippen LogP contribution in [0.15, 0.2) is 48.5 Å². The Bertz CT molecular complexity index is 790. The first kappa shape index (κ1) is 21.3. The van der Waals surface area contributed by atoms with Crippen LogP contribution in [-0.4, -0.2) is 44.0 Å². The van der Waals surface area contributed by atoms with Crippen molar-refractivity contribution in [3.63, 3.8) is 0 Å². The van der Waals surface area contributed by atoms with Crippen LogP contribution in [-0.2, 0) is 16.0 Å². The number of aryl methyl sites for hydroxylation is 1. The first-order valence-corrected chi connectivity index (χ1v) is 9.53. The van der Waals surface area contributed by atoms with Crippen LogP contribution >= 0.6 is 0 Å².